The highest BCUT2D eigenvalue weighted by Crippen LogP contribution is 2.28. The Labute approximate surface area is 111 Å². The lowest BCUT2D eigenvalue weighted by Crippen LogP contribution is -2.19. The summed E-state index contributed by atoms with van der Waals surface area (Å²) < 4.78 is 42.3. The molecule has 1 aromatic rings. The molecule has 0 aliphatic carbocycles. The Morgan fingerprint density at radius 1 is 1.16 bits per heavy atom. The number of hydrogen-bond donors (Lipinski definition) is 1. The largest absolute Gasteiger partial charge is 0.416 e. The fourth-order valence-electron chi connectivity index (χ4n) is 1.46. The van der Waals surface area contributed by atoms with E-state index in [0.29, 0.717) is 26.3 Å². The first-order chi connectivity index (χ1) is 9.04. The van der Waals surface area contributed by atoms with Crippen molar-refractivity contribution in [3.05, 3.63) is 48.0 Å². The monoisotopic (exact) mass is 273 g/mol. The Morgan fingerprint density at radius 2 is 1.84 bits per heavy atom. The molecule has 1 N–H and O–H groups in total. The number of nitrogens with one attached hydrogen (secondary N) is 1. The summed E-state index contributed by atoms with van der Waals surface area (Å²) in [5.41, 5.74) is 0.197. The van der Waals surface area contributed by atoms with Gasteiger partial charge in [0.15, 0.2) is 0 Å². The quantitative estimate of drug-likeness (QED) is 0.579. The van der Waals surface area contributed by atoms with Crippen molar-refractivity contribution in [1.29, 1.82) is 0 Å². The molecule has 1 rings (SSSR count). The molecule has 0 heterocycles. The summed E-state index contributed by atoms with van der Waals surface area (Å²) in [7, 11) is 0. The maximum Gasteiger partial charge on any atom is 0.416 e. The lowest BCUT2D eigenvalue weighted by atomic mass is 10.1. The summed E-state index contributed by atoms with van der Waals surface area (Å²) in [4.78, 5) is 0. The highest BCUT2D eigenvalue weighted by atomic mass is 19.4. The Morgan fingerprint density at radius 3 is 2.42 bits per heavy atom. The van der Waals surface area contributed by atoms with Crippen molar-refractivity contribution in [3.63, 3.8) is 0 Å². The van der Waals surface area contributed by atoms with Gasteiger partial charge < -0.3 is 10.1 Å². The van der Waals surface area contributed by atoms with E-state index in [4.69, 9.17) is 4.74 Å². The molecule has 0 unspecified atom stereocenters. The molecule has 2 nitrogen and oxygen atoms in total. The van der Waals surface area contributed by atoms with Crippen LogP contribution in [0.2, 0.25) is 0 Å². The van der Waals surface area contributed by atoms with Crippen molar-refractivity contribution in [1.82, 2.24) is 5.32 Å². The lowest BCUT2D eigenvalue weighted by molar-refractivity contribution is -0.137. The molecule has 0 aliphatic rings. The normalized spacial score (nSPS) is 11.5. The zero-order chi connectivity index (χ0) is 14.1. The van der Waals surface area contributed by atoms with E-state index in [9.17, 15) is 13.2 Å². The molecule has 0 aromatic heterocycles. The summed E-state index contributed by atoms with van der Waals surface area (Å²) in [6.45, 7) is 6.00. The van der Waals surface area contributed by atoms with Crippen molar-refractivity contribution in [3.8, 4) is 0 Å². The molecule has 0 bridgehead atoms. The van der Waals surface area contributed by atoms with Gasteiger partial charge in [-0.3, -0.25) is 0 Å². The van der Waals surface area contributed by atoms with E-state index in [0.717, 1.165) is 24.1 Å². The van der Waals surface area contributed by atoms with E-state index in [1.54, 1.807) is 6.08 Å². The van der Waals surface area contributed by atoms with Crippen LogP contribution in [0.3, 0.4) is 0 Å². The van der Waals surface area contributed by atoms with Gasteiger partial charge in [-0.2, -0.15) is 13.2 Å². The molecule has 106 valence electrons. The van der Waals surface area contributed by atoms with Gasteiger partial charge in [-0.15, -0.1) is 6.58 Å². The average molecular weight is 273 g/mol. The van der Waals surface area contributed by atoms with Gasteiger partial charge in [-0.25, -0.2) is 0 Å². The first-order valence-corrected chi connectivity index (χ1v) is 6.09. The number of rotatable bonds is 8. The number of benzene rings is 1. The van der Waals surface area contributed by atoms with Gasteiger partial charge in [-0.05, 0) is 24.1 Å². The molecule has 0 atom stereocenters. The van der Waals surface area contributed by atoms with Gasteiger partial charge in [0, 0.05) is 13.1 Å². The Bertz CT molecular complexity index is 373. The third-order valence-corrected chi connectivity index (χ3v) is 2.50. The van der Waals surface area contributed by atoms with Crippen molar-refractivity contribution in [2.24, 2.45) is 0 Å². The van der Waals surface area contributed by atoms with Crippen molar-refractivity contribution in [2.75, 3.05) is 19.8 Å². The van der Waals surface area contributed by atoms with Crippen LogP contribution in [0.4, 0.5) is 13.2 Å². The van der Waals surface area contributed by atoms with Gasteiger partial charge in [0.25, 0.3) is 0 Å². The Kier molecular flexibility index (Phi) is 6.59. The predicted octanol–water partition coefficient (Wildman–Crippen LogP) is 3.39. The van der Waals surface area contributed by atoms with Crippen LogP contribution in [-0.4, -0.2) is 19.8 Å². The molecule has 0 saturated carbocycles. The van der Waals surface area contributed by atoms with Crippen LogP contribution < -0.4 is 5.32 Å². The van der Waals surface area contributed by atoms with Crippen LogP contribution in [-0.2, 0) is 17.5 Å². The maximum atomic E-state index is 12.3. The van der Waals surface area contributed by atoms with E-state index in [1.165, 1.54) is 12.1 Å². The third-order valence-electron chi connectivity index (χ3n) is 2.50. The van der Waals surface area contributed by atoms with Gasteiger partial charge in [0.05, 0.1) is 18.8 Å². The van der Waals surface area contributed by atoms with E-state index in [1.807, 2.05) is 0 Å². The van der Waals surface area contributed by atoms with Crippen LogP contribution in [0.1, 0.15) is 17.5 Å². The molecule has 0 aliphatic heterocycles. The fraction of sp³-hybridized carbons (Fsp3) is 0.429. The highest BCUT2D eigenvalue weighted by molar-refractivity contribution is 5.24. The van der Waals surface area contributed by atoms with Crippen LogP contribution in [0, 0.1) is 0 Å². The average Bonchev–Trinajstić information content (AvgIpc) is 2.37. The summed E-state index contributed by atoms with van der Waals surface area (Å²) >= 11 is 0. The third kappa shape index (κ3) is 6.40. The minimum absolute atomic E-state index is 0.531. The van der Waals surface area contributed by atoms with Crippen LogP contribution in [0.15, 0.2) is 36.9 Å². The molecule has 0 saturated heterocycles. The van der Waals surface area contributed by atoms with E-state index in [-0.39, 0.29) is 0 Å². The lowest BCUT2D eigenvalue weighted by Gasteiger charge is -2.08. The molecular weight excluding hydrogens is 255 g/mol. The summed E-state index contributed by atoms with van der Waals surface area (Å²) in [5.74, 6) is 0. The van der Waals surface area contributed by atoms with E-state index < -0.39 is 11.7 Å². The second-order valence-electron chi connectivity index (χ2n) is 4.06. The predicted molar refractivity (Wildman–Crippen MR) is 68.8 cm³/mol. The zero-order valence-electron chi connectivity index (χ0n) is 10.7. The second-order valence-corrected chi connectivity index (χ2v) is 4.06. The molecule has 5 heteroatoms. The molecule has 0 radical (unpaired) electrons. The maximum absolute atomic E-state index is 12.3. The van der Waals surface area contributed by atoms with E-state index >= 15 is 0 Å². The fourth-order valence-corrected chi connectivity index (χ4v) is 1.46. The SMILES string of the molecule is C=CCCOCCNCc1ccc(C(F)(F)F)cc1. The Balaban J connectivity index is 2.21. The molecular formula is C14H18F3NO. The minimum Gasteiger partial charge on any atom is -0.380 e. The molecule has 0 fully saturated rings. The summed E-state index contributed by atoms with van der Waals surface area (Å²) in [6, 6.07) is 5.15. The van der Waals surface area contributed by atoms with Gasteiger partial charge in [0.2, 0.25) is 0 Å². The minimum atomic E-state index is -4.27. The number of hydrogen-bond acceptors (Lipinski definition) is 2. The van der Waals surface area contributed by atoms with Crippen LogP contribution in [0.25, 0.3) is 0 Å². The highest BCUT2D eigenvalue weighted by Gasteiger charge is 2.29. The van der Waals surface area contributed by atoms with Crippen LogP contribution >= 0.6 is 0 Å². The van der Waals surface area contributed by atoms with Gasteiger partial charge in [-0.1, -0.05) is 18.2 Å². The zero-order valence-corrected chi connectivity index (χ0v) is 10.7. The van der Waals surface area contributed by atoms with Crippen LogP contribution in [0.5, 0.6) is 0 Å². The van der Waals surface area contributed by atoms with Crippen molar-refractivity contribution in [2.45, 2.75) is 19.1 Å². The van der Waals surface area contributed by atoms with E-state index in [2.05, 4.69) is 11.9 Å². The van der Waals surface area contributed by atoms with Crippen molar-refractivity contribution < 1.29 is 17.9 Å². The molecule has 0 amide bonds. The Hall–Kier alpha value is -1.33. The first-order valence-electron chi connectivity index (χ1n) is 6.09. The second kappa shape index (κ2) is 7.96. The molecule has 1 aromatic carbocycles. The molecule has 19 heavy (non-hydrogen) atoms. The number of alkyl halides is 3. The number of halogens is 3. The first kappa shape index (κ1) is 15.7. The van der Waals surface area contributed by atoms with Crippen molar-refractivity contribution >= 4 is 0 Å². The standard InChI is InChI=1S/C14H18F3NO/c1-2-3-9-19-10-8-18-11-12-4-6-13(7-5-12)14(15,16)17/h2,4-7,18H,1,3,8-11H2. The van der Waals surface area contributed by atoms with Gasteiger partial charge >= 0.3 is 6.18 Å². The summed E-state index contributed by atoms with van der Waals surface area (Å²) in [5, 5.41) is 3.10. The molecule has 0 spiro atoms. The summed E-state index contributed by atoms with van der Waals surface area (Å²) in [6.07, 6.45) is -1.67. The topological polar surface area (TPSA) is 21.3 Å². The number of ether oxygens (including phenoxy) is 1. The smallest absolute Gasteiger partial charge is 0.380 e. The van der Waals surface area contributed by atoms with Gasteiger partial charge in [0.1, 0.15) is 0 Å².